The molecule has 98 valence electrons. The molecule has 0 saturated carbocycles. The minimum atomic E-state index is -3.35. The molecule has 0 saturated heterocycles. The van der Waals surface area contributed by atoms with Crippen LogP contribution in [0.3, 0.4) is 0 Å². The summed E-state index contributed by atoms with van der Waals surface area (Å²) < 4.78 is 24.8. The van der Waals surface area contributed by atoms with Crippen LogP contribution < -0.4 is 5.32 Å². The number of sulfone groups is 1. The monoisotopic (exact) mass is 333 g/mol. The molecule has 1 aromatic rings. The van der Waals surface area contributed by atoms with Crippen molar-refractivity contribution in [2.24, 2.45) is 0 Å². The number of anilines is 1. The maximum Gasteiger partial charge on any atom is 0.303 e. The van der Waals surface area contributed by atoms with Gasteiger partial charge in [0.2, 0.25) is 0 Å². The van der Waals surface area contributed by atoms with Gasteiger partial charge < -0.3 is 10.4 Å². The highest BCUT2D eigenvalue weighted by atomic mass is 79.9. The molecule has 1 aliphatic rings. The molecule has 1 heterocycles. The minimum absolute atomic E-state index is 0.0486. The second-order valence-electron chi connectivity index (χ2n) is 4.17. The molecule has 0 aliphatic carbocycles. The van der Waals surface area contributed by atoms with E-state index in [0.29, 0.717) is 10.2 Å². The molecule has 7 heteroatoms. The van der Waals surface area contributed by atoms with Crippen LogP contribution in [0.25, 0.3) is 0 Å². The molecule has 1 unspecified atom stereocenters. The molecule has 2 N–H and O–H groups in total. The SMILES string of the molecule is O=C(O)CCC1CS(=O)(=O)c2cccc(Br)c2N1. The predicted octanol–water partition coefficient (Wildman–Crippen LogP) is 1.88. The fourth-order valence-corrected chi connectivity index (χ4v) is 4.29. The summed E-state index contributed by atoms with van der Waals surface area (Å²) in [6.45, 7) is 0. The summed E-state index contributed by atoms with van der Waals surface area (Å²) in [6, 6.07) is 4.61. The van der Waals surface area contributed by atoms with Crippen LogP contribution in [0.1, 0.15) is 12.8 Å². The van der Waals surface area contributed by atoms with E-state index in [2.05, 4.69) is 21.2 Å². The van der Waals surface area contributed by atoms with Crippen LogP contribution in [0.5, 0.6) is 0 Å². The van der Waals surface area contributed by atoms with Crippen LogP contribution >= 0.6 is 15.9 Å². The molecule has 0 amide bonds. The first-order valence-corrected chi connectivity index (χ1v) is 7.84. The summed E-state index contributed by atoms with van der Waals surface area (Å²) in [7, 11) is -3.35. The number of fused-ring (bicyclic) bond motifs is 1. The summed E-state index contributed by atoms with van der Waals surface area (Å²) in [4.78, 5) is 10.8. The Balaban J connectivity index is 2.31. The number of carboxylic acid groups (broad SMARTS) is 1. The van der Waals surface area contributed by atoms with Crippen molar-refractivity contribution in [2.75, 3.05) is 11.1 Å². The Morgan fingerprint density at radius 1 is 1.50 bits per heavy atom. The lowest BCUT2D eigenvalue weighted by atomic mass is 10.1. The molecule has 0 radical (unpaired) electrons. The maximum absolute atomic E-state index is 12.1. The molecular weight excluding hydrogens is 322 g/mol. The van der Waals surface area contributed by atoms with Crippen molar-refractivity contribution >= 4 is 37.4 Å². The molecule has 5 nitrogen and oxygen atoms in total. The normalized spacial score (nSPS) is 20.8. The lowest BCUT2D eigenvalue weighted by molar-refractivity contribution is -0.137. The van der Waals surface area contributed by atoms with Gasteiger partial charge in [-0.3, -0.25) is 4.79 Å². The average molecular weight is 334 g/mol. The maximum atomic E-state index is 12.1. The molecule has 0 aromatic heterocycles. The third-order valence-corrected chi connectivity index (χ3v) is 5.30. The third-order valence-electron chi connectivity index (χ3n) is 2.79. The van der Waals surface area contributed by atoms with Gasteiger partial charge in [-0.25, -0.2) is 8.42 Å². The van der Waals surface area contributed by atoms with Crippen molar-refractivity contribution in [1.82, 2.24) is 0 Å². The van der Waals surface area contributed by atoms with Crippen molar-refractivity contribution < 1.29 is 18.3 Å². The van der Waals surface area contributed by atoms with Gasteiger partial charge in [0.15, 0.2) is 9.84 Å². The highest BCUT2D eigenvalue weighted by Crippen LogP contribution is 2.35. The Bertz CT molecular complexity index is 585. The zero-order valence-electron chi connectivity index (χ0n) is 9.39. The molecule has 1 atom stereocenters. The number of aliphatic carboxylic acids is 1. The van der Waals surface area contributed by atoms with Gasteiger partial charge in [-0.1, -0.05) is 6.07 Å². The third kappa shape index (κ3) is 2.67. The molecule has 0 spiro atoms. The number of halogens is 1. The molecule has 18 heavy (non-hydrogen) atoms. The number of nitrogens with one attached hydrogen (secondary N) is 1. The van der Waals surface area contributed by atoms with Crippen molar-refractivity contribution in [1.29, 1.82) is 0 Å². The largest absolute Gasteiger partial charge is 0.481 e. The molecule has 1 aromatic carbocycles. The summed E-state index contributed by atoms with van der Waals surface area (Å²) >= 11 is 3.30. The van der Waals surface area contributed by atoms with E-state index in [9.17, 15) is 13.2 Å². The van der Waals surface area contributed by atoms with Gasteiger partial charge in [0.05, 0.1) is 16.3 Å². The molecule has 1 aliphatic heterocycles. The Kier molecular flexibility index (Phi) is 3.63. The topological polar surface area (TPSA) is 83.5 Å². The van der Waals surface area contributed by atoms with E-state index in [1.54, 1.807) is 18.2 Å². The lowest BCUT2D eigenvalue weighted by Gasteiger charge is -2.27. The van der Waals surface area contributed by atoms with Crippen molar-refractivity contribution in [3.63, 3.8) is 0 Å². The highest BCUT2D eigenvalue weighted by molar-refractivity contribution is 9.10. The van der Waals surface area contributed by atoms with Crippen molar-refractivity contribution in [2.45, 2.75) is 23.8 Å². The van der Waals surface area contributed by atoms with Crippen LogP contribution in [-0.2, 0) is 14.6 Å². The fourth-order valence-electron chi connectivity index (χ4n) is 1.96. The Hall–Kier alpha value is -1.08. The molecule has 0 fully saturated rings. The second-order valence-corrected chi connectivity index (χ2v) is 7.03. The second kappa shape index (κ2) is 4.89. The predicted molar refractivity (Wildman–Crippen MR) is 70.5 cm³/mol. The number of hydrogen-bond donors (Lipinski definition) is 2. The van der Waals surface area contributed by atoms with E-state index in [4.69, 9.17) is 5.11 Å². The minimum Gasteiger partial charge on any atom is -0.481 e. The van der Waals surface area contributed by atoms with Gasteiger partial charge in [0, 0.05) is 16.9 Å². The van der Waals surface area contributed by atoms with Gasteiger partial charge in [-0.15, -0.1) is 0 Å². The smallest absolute Gasteiger partial charge is 0.303 e. The van der Waals surface area contributed by atoms with Gasteiger partial charge in [-0.2, -0.15) is 0 Å². The number of rotatable bonds is 3. The van der Waals surface area contributed by atoms with Gasteiger partial charge in [-0.05, 0) is 34.5 Å². The Labute approximate surface area is 113 Å². The average Bonchev–Trinajstić information content (AvgIpc) is 2.27. The summed E-state index contributed by atoms with van der Waals surface area (Å²) in [5.74, 6) is -0.990. The number of hydrogen-bond acceptors (Lipinski definition) is 4. The van der Waals surface area contributed by atoms with Crippen molar-refractivity contribution in [3.05, 3.63) is 22.7 Å². The van der Waals surface area contributed by atoms with Crippen molar-refractivity contribution in [3.8, 4) is 0 Å². The van der Waals surface area contributed by atoms with Gasteiger partial charge >= 0.3 is 5.97 Å². The summed E-state index contributed by atoms with van der Waals surface area (Å²) in [5.41, 5.74) is 0.527. The van der Waals surface area contributed by atoms with Crippen LogP contribution in [0.2, 0.25) is 0 Å². The van der Waals surface area contributed by atoms with E-state index < -0.39 is 15.8 Å². The lowest BCUT2D eigenvalue weighted by Crippen LogP contribution is -2.34. The number of carboxylic acids is 1. The number of carbonyl (C=O) groups is 1. The first kappa shape index (κ1) is 13.4. The molecule has 0 bridgehead atoms. The molecule has 2 rings (SSSR count). The quantitative estimate of drug-likeness (QED) is 0.882. The van der Waals surface area contributed by atoms with Crippen LogP contribution in [0, 0.1) is 0 Å². The zero-order chi connectivity index (χ0) is 13.3. The fraction of sp³-hybridized carbons (Fsp3) is 0.364. The number of para-hydroxylation sites is 1. The van der Waals surface area contributed by atoms with Gasteiger partial charge in [0.25, 0.3) is 0 Å². The Morgan fingerprint density at radius 2 is 2.22 bits per heavy atom. The van der Waals surface area contributed by atoms with Crippen LogP contribution in [0.15, 0.2) is 27.6 Å². The molecular formula is C11H12BrNO4S. The summed E-state index contributed by atoms with van der Waals surface area (Å²) in [5, 5.41) is 11.7. The van der Waals surface area contributed by atoms with Crippen LogP contribution in [0.4, 0.5) is 5.69 Å². The highest BCUT2D eigenvalue weighted by Gasteiger charge is 2.31. The standard InChI is InChI=1S/C11H12BrNO4S/c12-8-2-1-3-9-11(8)13-7(4-5-10(14)15)6-18(9,16)17/h1-3,7,13H,4-6H2,(H,14,15). The van der Waals surface area contributed by atoms with E-state index in [-0.39, 0.29) is 29.5 Å². The Morgan fingerprint density at radius 3 is 2.89 bits per heavy atom. The van der Waals surface area contributed by atoms with E-state index in [1.807, 2.05) is 0 Å². The summed E-state index contributed by atoms with van der Waals surface area (Å²) in [6.07, 6.45) is 0.238. The van der Waals surface area contributed by atoms with Gasteiger partial charge in [0.1, 0.15) is 0 Å². The number of benzene rings is 1. The van der Waals surface area contributed by atoms with E-state index in [0.717, 1.165) is 0 Å². The first-order chi connectivity index (χ1) is 8.40. The zero-order valence-corrected chi connectivity index (χ0v) is 11.8. The van der Waals surface area contributed by atoms with E-state index >= 15 is 0 Å². The van der Waals surface area contributed by atoms with Crippen LogP contribution in [-0.4, -0.2) is 31.3 Å². The first-order valence-electron chi connectivity index (χ1n) is 5.40. The van der Waals surface area contributed by atoms with E-state index in [1.165, 1.54) is 0 Å².